The van der Waals surface area contributed by atoms with Crippen molar-refractivity contribution in [3.05, 3.63) is 23.5 Å². The van der Waals surface area contributed by atoms with Gasteiger partial charge in [0.2, 0.25) is 0 Å². The number of aromatic carboxylic acids is 1. The third kappa shape index (κ3) is 2.20. The van der Waals surface area contributed by atoms with Crippen LogP contribution in [0.2, 0.25) is 0 Å². The van der Waals surface area contributed by atoms with Crippen molar-refractivity contribution in [3.8, 4) is 0 Å². The first-order valence-corrected chi connectivity index (χ1v) is 6.64. The number of carboxylic acid groups (broad SMARTS) is 1. The highest BCUT2D eigenvalue weighted by Crippen LogP contribution is 2.20. The van der Waals surface area contributed by atoms with Crippen molar-refractivity contribution < 1.29 is 14.6 Å². The number of nitrogens with zero attached hydrogens (tertiary/aromatic N) is 4. The minimum Gasteiger partial charge on any atom is -0.477 e. The summed E-state index contributed by atoms with van der Waals surface area (Å²) in [7, 11) is 0. The van der Waals surface area contributed by atoms with Crippen molar-refractivity contribution in [2.75, 3.05) is 31.2 Å². The molecule has 20 heavy (non-hydrogen) atoms. The molecule has 0 amide bonds. The Hall–Kier alpha value is -2.15. The highest BCUT2D eigenvalue weighted by molar-refractivity contribution is 5.87. The van der Waals surface area contributed by atoms with Crippen molar-refractivity contribution in [1.29, 1.82) is 0 Å². The van der Waals surface area contributed by atoms with Gasteiger partial charge in [0, 0.05) is 25.2 Å². The van der Waals surface area contributed by atoms with Gasteiger partial charge >= 0.3 is 5.97 Å². The summed E-state index contributed by atoms with van der Waals surface area (Å²) in [5.74, 6) is -0.267. The van der Waals surface area contributed by atoms with Crippen LogP contribution in [0.5, 0.6) is 0 Å². The van der Waals surface area contributed by atoms with Gasteiger partial charge in [-0.1, -0.05) is 6.92 Å². The molecule has 0 atom stereocenters. The number of hydrogen-bond donors (Lipinski definition) is 1. The zero-order valence-electron chi connectivity index (χ0n) is 11.2. The lowest BCUT2D eigenvalue weighted by molar-refractivity contribution is 0.0690. The molecular weight excluding hydrogens is 260 g/mol. The number of fused-ring (bicyclic) bond motifs is 1. The number of hydrogen-bond acceptors (Lipinski definition) is 5. The number of aromatic nitrogens is 3. The second-order valence-electron chi connectivity index (χ2n) is 4.66. The predicted octanol–water partition coefficient (Wildman–Crippen LogP) is 0.826. The largest absolute Gasteiger partial charge is 0.477 e. The van der Waals surface area contributed by atoms with E-state index in [9.17, 15) is 9.90 Å². The molecule has 1 N–H and O–H groups in total. The first-order valence-electron chi connectivity index (χ1n) is 6.64. The topological polar surface area (TPSA) is 80.0 Å². The third-order valence-electron chi connectivity index (χ3n) is 3.38. The van der Waals surface area contributed by atoms with E-state index in [-0.39, 0.29) is 5.69 Å². The summed E-state index contributed by atoms with van der Waals surface area (Å²) in [4.78, 5) is 17.4. The molecule has 0 bridgehead atoms. The molecule has 2 aromatic heterocycles. The Balaban J connectivity index is 2.15. The Kier molecular flexibility index (Phi) is 3.27. The SMILES string of the molecule is CCc1cc2nc(C(=O)O)cc(N3CCOCC3)n2n1. The Bertz CT molecular complexity index is 646. The van der Waals surface area contributed by atoms with Gasteiger partial charge in [0.25, 0.3) is 0 Å². The highest BCUT2D eigenvalue weighted by Gasteiger charge is 2.19. The average molecular weight is 276 g/mol. The lowest BCUT2D eigenvalue weighted by Crippen LogP contribution is -2.37. The van der Waals surface area contributed by atoms with Crippen molar-refractivity contribution in [3.63, 3.8) is 0 Å². The minimum absolute atomic E-state index is 0.0431. The fraction of sp³-hybridized carbons (Fsp3) is 0.462. The van der Waals surface area contributed by atoms with Crippen LogP contribution in [0.25, 0.3) is 5.65 Å². The molecular formula is C13H16N4O3. The summed E-state index contributed by atoms with van der Waals surface area (Å²) in [6.45, 7) is 4.72. The van der Waals surface area contributed by atoms with Crippen molar-refractivity contribution >= 4 is 17.4 Å². The molecule has 0 saturated carbocycles. The Morgan fingerprint density at radius 3 is 2.80 bits per heavy atom. The molecule has 106 valence electrons. The van der Waals surface area contributed by atoms with Crippen molar-refractivity contribution in [2.45, 2.75) is 13.3 Å². The molecule has 0 spiro atoms. The van der Waals surface area contributed by atoms with Gasteiger partial charge in [-0.25, -0.2) is 9.78 Å². The molecule has 0 unspecified atom stereocenters. The van der Waals surface area contributed by atoms with E-state index in [0.717, 1.165) is 31.0 Å². The fourth-order valence-corrected chi connectivity index (χ4v) is 2.31. The third-order valence-corrected chi connectivity index (χ3v) is 3.38. The van der Waals surface area contributed by atoms with Crippen molar-refractivity contribution in [2.24, 2.45) is 0 Å². The summed E-state index contributed by atoms with van der Waals surface area (Å²) in [6.07, 6.45) is 0.786. The van der Waals surface area contributed by atoms with Gasteiger partial charge in [-0.3, -0.25) is 0 Å². The number of aryl methyl sites for hydroxylation is 1. The number of morpholine rings is 1. The summed E-state index contributed by atoms with van der Waals surface area (Å²) >= 11 is 0. The first-order chi connectivity index (χ1) is 9.69. The standard InChI is InChI=1S/C13H16N4O3/c1-2-9-7-11-14-10(13(18)19)8-12(17(11)15-9)16-3-5-20-6-4-16/h7-8H,2-6H2,1H3,(H,18,19). The van der Waals surface area contributed by atoms with E-state index in [1.165, 1.54) is 0 Å². The van der Waals surface area contributed by atoms with Gasteiger partial charge in [0.1, 0.15) is 5.82 Å². The van der Waals surface area contributed by atoms with Crippen LogP contribution in [-0.4, -0.2) is 52.0 Å². The van der Waals surface area contributed by atoms with Crippen molar-refractivity contribution in [1.82, 2.24) is 14.6 Å². The van der Waals surface area contributed by atoms with E-state index < -0.39 is 5.97 Å². The number of carboxylic acids is 1. The maximum Gasteiger partial charge on any atom is 0.354 e. The number of anilines is 1. The molecule has 1 fully saturated rings. The molecule has 1 aliphatic heterocycles. The first kappa shape index (κ1) is 12.9. The van der Waals surface area contributed by atoms with Crippen LogP contribution < -0.4 is 4.90 Å². The summed E-state index contributed by atoms with van der Waals surface area (Å²) < 4.78 is 7.05. The van der Waals surface area contributed by atoms with Gasteiger partial charge < -0.3 is 14.7 Å². The number of rotatable bonds is 3. The molecule has 7 heteroatoms. The average Bonchev–Trinajstić information content (AvgIpc) is 2.90. The van der Waals surface area contributed by atoms with E-state index in [0.29, 0.717) is 18.9 Å². The minimum atomic E-state index is -1.03. The van der Waals surface area contributed by atoms with Gasteiger partial charge in [-0.15, -0.1) is 0 Å². The van der Waals surface area contributed by atoms with Crippen LogP contribution in [0.15, 0.2) is 12.1 Å². The second kappa shape index (κ2) is 5.09. The van der Waals surface area contributed by atoms with E-state index >= 15 is 0 Å². The smallest absolute Gasteiger partial charge is 0.354 e. The summed E-state index contributed by atoms with van der Waals surface area (Å²) in [6, 6.07) is 3.41. The molecule has 0 aliphatic carbocycles. The molecule has 0 radical (unpaired) electrons. The molecule has 2 aromatic rings. The lowest BCUT2D eigenvalue weighted by atomic mass is 10.3. The molecule has 3 rings (SSSR count). The lowest BCUT2D eigenvalue weighted by Gasteiger charge is -2.28. The van der Waals surface area contributed by atoms with Crippen LogP contribution in [0.1, 0.15) is 23.1 Å². The summed E-state index contributed by atoms with van der Waals surface area (Å²) in [5, 5.41) is 13.7. The zero-order chi connectivity index (χ0) is 14.1. The molecule has 1 aliphatic rings. The Morgan fingerprint density at radius 2 is 2.15 bits per heavy atom. The van der Waals surface area contributed by atoms with E-state index in [2.05, 4.69) is 15.0 Å². The monoisotopic (exact) mass is 276 g/mol. The quantitative estimate of drug-likeness (QED) is 0.894. The number of carbonyl (C=O) groups is 1. The van der Waals surface area contributed by atoms with Crippen LogP contribution in [0, 0.1) is 0 Å². The Labute approximate surface area is 115 Å². The highest BCUT2D eigenvalue weighted by atomic mass is 16.5. The Morgan fingerprint density at radius 1 is 1.40 bits per heavy atom. The molecule has 7 nitrogen and oxygen atoms in total. The van der Waals surface area contributed by atoms with Gasteiger partial charge in [-0.05, 0) is 6.42 Å². The molecule has 1 saturated heterocycles. The van der Waals surface area contributed by atoms with Crippen LogP contribution in [-0.2, 0) is 11.2 Å². The van der Waals surface area contributed by atoms with Crippen LogP contribution in [0.4, 0.5) is 5.82 Å². The van der Waals surface area contributed by atoms with Gasteiger partial charge in [0.15, 0.2) is 11.3 Å². The second-order valence-corrected chi connectivity index (χ2v) is 4.66. The fourth-order valence-electron chi connectivity index (χ4n) is 2.31. The number of ether oxygens (including phenoxy) is 1. The van der Waals surface area contributed by atoms with E-state index in [1.807, 2.05) is 13.0 Å². The maximum atomic E-state index is 11.2. The van der Waals surface area contributed by atoms with Crippen LogP contribution in [0.3, 0.4) is 0 Å². The van der Waals surface area contributed by atoms with E-state index in [1.54, 1.807) is 10.6 Å². The van der Waals surface area contributed by atoms with E-state index in [4.69, 9.17) is 4.74 Å². The van der Waals surface area contributed by atoms with Crippen LogP contribution >= 0.6 is 0 Å². The predicted molar refractivity (Wildman–Crippen MR) is 72.4 cm³/mol. The maximum absolute atomic E-state index is 11.2. The molecule has 0 aromatic carbocycles. The molecule has 3 heterocycles. The van der Waals surface area contributed by atoms with Gasteiger partial charge in [0.05, 0.1) is 18.9 Å². The zero-order valence-corrected chi connectivity index (χ0v) is 11.2. The van der Waals surface area contributed by atoms with Gasteiger partial charge in [-0.2, -0.15) is 9.61 Å². The normalized spacial score (nSPS) is 15.8. The summed E-state index contributed by atoms with van der Waals surface area (Å²) in [5.41, 5.74) is 1.51.